The summed E-state index contributed by atoms with van der Waals surface area (Å²) in [6.07, 6.45) is 2.01. The zero-order valence-electron chi connectivity index (χ0n) is 21.4. The van der Waals surface area contributed by atoms with Gasteiger partial charge in [0.05, 0.1) is 20.6 Å². The Kier molecular flexibility index (Phi) is 7.43. The van der Waals surface area contributed by atoms with Crippen molar-refractivity contribution in [2.45, 2.75) is 27.2 Å². The molecule has 0 saturated heterocycles. The normalized spacial score (nSPS) is 13.4. The van der Waals surface area contributed by atoms with Crippen LogP contribution in [0.3, 0.4) is 0 Å². The highest BCUT2D eigenvalue weighted by Crippen LogP contribution is 2.45. The van der Waals surface area contributed by atoms with Crippen molar-refractivity contribution in [1.82, 2.24) is 0 Å². The van der Waals surface area contributed by atoms with Crippen molar-refractivity contribution >= 4 is 34.8 Å². The Bertz CT molecular complexity index is 1430. The molecule has 37 heavy (non-hydrogen) atoms. The van der Waals surface area contributed by atoms with E-state index in [2.05, 4.69) is 5.32 Å². The van der Waals surface area contributed by atoms with Gasteiger partial charge >= 0.3 is 5.97 Å². The molecule has 0 unspecified atom stereocenters. The van der Waals surface area contributed by atoms with E-state index in [1.807, 2.05) is 44.2 Å². The van der Waals surface area contributed by atoms with Gasteiger partial charge in [0.15, 0.2) is 11.5 Å². The largest absolute Gasteiger partial charge is 0.493 e. The van der Waals surface area contributed by atoms with E-state index in [0.29, 0.717) is 22.7 Å². The molecule has 0 atom stereocenters. The van der Waals surface area contributed by atoms with E-state index in [0.717, 1.165) is 33.4 Å². The van der Waals surface area contributed by atoms with Crippen LogP contribution in [0.2, 0.25) is 0 Å². The third-order valence-corrected chi connectivity index (χ3v) is 6.13. The lowest BCUT2D eigenvalue weighted by Crippen LogP contribution is -2.12. The van der Waals surface area contributed by atoms with E-state index in [1.165, 1.54) is 33.3 Å². The van der Waals surface area contributed by atoms with E-state index in [1.54, 1.807) is 18.2 Å². The van der Waals surface area contributed by atoms with Gasteiger partial charge in [0.2, 0.25) is 11.7 Å². The number of ether oxygens (including phenoxy) is 3. The van der Waals surface area contributed by atoms with Crippen molar-refractivity contribution in [3.8, 4) is 17.2 Å². The van der Waals surface area contributed by atoms with Crippen LogP contribution in [0.1, 0.15) is 42.5 Å². The standard InChI is InChI=1S/C30H28FNO5/c1-17-7-6-8-22(11-17)32-29(34)16-25-18(2)24(23-10-9-21(31)15-26(23)25)12-20-13-27(35-4)30(37-19(3)33)28(14-20)36-5/h6-15H,16H2,1-5H3,(H,32,34). The maximum atomic E-state index is 14.3. The lowest BCUT2D eigenvalue weighted by molar-refractivity contribution is -0.132. The fraction of sp³-hybridized carbons (Fsp3) is 0.200. The lowest BCUT2D eigenvalue weighted by atomic mass is 10.00. The van der Waals surface area contributed by atoms with Crippen molar-refractivity contribution in [2.75, 3.05) is 19.5 Å². The predicted octanol–water partition coefficient (Wildman–Crippen LogP) is 6.43. The van der Waals surface area contributed by atoms with Crippen LogP contribution < -0.4 is 19.5 Å². The number of hydrogen-bond donors (Lipinski definition) is 1. The van der Waals surface area contributed by atoms with Crippen LogP contribution in [-0.4, -0.2) is 26.1 Å². The van der Waals surface area contributed by atoms with Gasteiger partial charge in [-0.3, -0.25) is 9.59 Å². The Balaban J connectivity index is 1.75. The van der Waals surface area contributed by atoms with Crippen molar-refractivity contribution in [3.05, 3.63) is 88.2 Å². The first-order valence-electron chi connectivity index (χ1n) is 11.7. The summed E-state index contributed by atoms with van der Waals surface area (Å²) in [5, 5.41) is 2.93. The third-order valence-electron chi connectivity index (χ3n) is 6.13. The number of halogens is 1. The summed E-state index contributed by atoms with van der Waals surface area (Å²) in [6.45, 7) is 5.17. The summed E-state index contributed by atoms with van der Waals surface area (Å²) in [5.41, 5.74) is 6.43. The minimum absolute atomic E-state index is 0.0889. The predicted molar refractivity (Wildman–Crippen MR) is 142 cm³/mol. The first-order valence-corrected chi connectivity index (χ1v) is 11.7. The molecule has 0 heterocycles. The molecule has 0 fully saturated rings. The zero-order chi connectivity index (χ0) is 26.7. The van der Waals surface area contributed by atoms with Gasteiger partial charge in [0.25, 0.3) is 0 Å². The average molecular weight is 502 g/mol. The number of aryl methyl sites for hydroxylation is 1. The molecule has 0 aliphatic heterocycles. The van der Waals surface area contributed by atoms with Gasteiger partial charge in [0, 0.05) is 12.6 Å². The molecule has 1 N–H and O–H groups in total. The molecular formula is C30H28FNO5. The second-order valence-corrected chi connectivity index (χ2v) is 8.79. The summed E-state index contributed by atoms with van der Waals surface area (Å²) < 4.78 is 30.4. The van der Waals surface area contributed by atoms with Gasteiger partial charge < -0.3 is 19.5 Å². The number of allylic oxidation sites excluding steroid dienone is 2. The Morgan fingerprint density at radius 2 is 1.65 bits per heavy atom. The number of methoxy groups -OCH3 is 2. The fourth-order valence-corrected chi connectivity index (χ4v) is 4.46. The molecule has 1 aliphatic carbocycles. The Labute approximate surface area is 215 Å². The zero-order valence-corrected chi connectivity index (χ0v) is 21.4. The molecule has 0 spiro atoms. The second-order valence-electron chi connectivity index (χ2n) is 8.79. The summed E-state index contributed by atoms with van der Waals surface area (Å²) in [5.74, 6) is -0.212. The molecular weight excluding hydrogens is 473 g/mol. The number of carbonyl (C=O) groups is 2. The van der Waals surface area contributed by atoms with E-state index in [4.69, 9.17) is 14.2 Å². The van der Waals surface area contributed by atoms with Crippen LogP contribution in [-0.2, 0) is 9.59 Å². The number of amides is 1. The molecule has 3 aromatic rings. The van der Waals surface area contributed by atoms with E-state index >= 15 is 0 Å². The molecule has 1 amide bonds. The average Bonchev–Trinajstić information content (AvgIpc) is 3.09. The van der Waals surface area contributed by atoms with Gasteiger partial charge in [-0.25, -0.2) is 4.39 Å². The Morgan fingerprint density at radius 3 is 2.27 bits per heavy atom. The van der Waals surface area contributed by atoms with E-state index < -0.39 is 5.97 Å². The molecule has 7 heteroatoms. The van der Waals surface area contributed by atoms with E-state index in [9.17, 15) is 14.0 Å². The Morgan fingerprint density at radius 1 is 0.946 bits per heavy atom. The topological polar surface area (TPSA) is 73.9 Å². The number of rotatable bonds is 7. The minimum atomic E-state index is -0.498. The lowest BCUT2D eigenvalue weighted by Gasteiger charge is -2.14. The van der Waals surface area contributed by atoms with Crippen molar-refractivity contribution < 1.29 is 28.2 Å². The quantitative estimate of drug-likeness (QED) is 0.298. The number of carbonyl (C=O) groups excluding carboxylic acids is 2. The molecule has 0 aromatic heterocycles. The molecule has 1 aliphatic rings. The number of hydrogen-bond acceptors (Lipinski definition) is 5. The first-order chi connectivity index (χ1) is 17.7. The summed E-state index contributed by atoms with van der Waals surface area (Å²) in [7, 11) is 2.95. The number of anilines is 1. The highest BCUT2D eigenvalue weighted by molar-refractivity contribution is 6.10. The van der Waals surface area contributed by atoms with Crippen molar-refractivity contribution in [3.63, 3.8) is 0 Å². The molecule has 6 nitrogen and oxygen atoms in total. The molecule has 190 valence electrons. The number of esters is 1. The summed E-state index contributed by atoms with van der Waals surface area (Å²) >= 11 is 0. The SMILES string of the molecule is COc1cc(C=C2C(C)=C(CC(=O)Nc3cccc(C)c3)c3cc(F)ccc32)cc(OC)c1OC(C)=O. The first kappa shape index (κ1) is 25.7. The van der Waals surface area contributed by atoms with Gasteiger partial charge in [0.1, 0.15) is 5.82 Å². The number of fused-ring (bicyclic) bond motifs is 1. The molecule has 0 saturated carbocycles. The number of nitrogens with one attached hydrogen (secondary N) is 1. The van der Waals surface area contributed by atoms with Crippen molar-refractivity contribution in [2.24, 2.45) is 0 Å². The van der Waals surface area contributed by atoms with Gasteiger partial charge in [-0.2, -0.15) is 0 Å². The molecule has 3 aromatic carbocycles. The smallest absolute Gasteiger partial charge is 0.308 e. The highest BCUT2D eigenvalue weighted by Gasteiger charge is 2.26. The van der Waals surface area contributed by atoms with Crippen LogP contribution in [0.4, 0.5) is 10.1 Å². The van der Waals surface area contributed by atoms with E-state index in [-0.39, 0.29) is 23.9 Å². The molecule has 4 rings (SSSR count). The summed E-state index contributed by atoms with van der Waals surface area (Å²) in [6, 6.07) is 15.6. The van der Waals surface area contributed by atoms with Crippen molar-refractivity contribution in [1.29, 1.82) is 0 Å². The van der Waals surface area contributed by atoms with Crippen LogP contribution in [0.25, 0.3) is 17.2 Å². The summed E-state index contributed by atoms with van der Waals surface area (Å²) in [4.78, 5) is 24.5. The minimum Gasteiger partial charge on any atom is -0.493 e. The van der Waals surface area contributed by atoms with Crippen LogP contribution >= 0.6 is 0 Å². The van der Waals surface area contributed by atoms with Gasteiger partial charge in [-0.1, -0.05) is 18.2 Å². The fourth-order valence-electron chi connectivity index (χ4n) is 4.46. The number of benzene rings is 3. The maximum absolute atomic E-state index is 14.3. The molecule has 0 bridgehead atoms. The van der Waals surface area contributed by atoms with Crippen LogP contribution in [0.15, 0.2) is 60.2 Å². The third kappa shape index (κ3) is 5.56. The van der Waals surface area contributed by atoms with Gasteiger partial charge in [-0.05, 0) is 95.3 Å². The highest BCUT2D eigenvalue weighted by atomic mass is 19.1. The second kappa shape index (κ2) is 10.7. The maximum Gasteiger partial charge on any atom is 0.308 e. The monoisotopic (exact) mass is 501 g/mol. The van der Waals surface area contributed by atoms with Crippen LogP contribution in [0, 0.1) is 12.7 Å². The van der Waals surface area contributed by atoms with Gasteiger partial charge in [-0.15, -0.1) is 0 Å². The Hall–Kier alpha value is -4.39. The van der Waals surface area contributed by atoms with Crippen LogP contribution in [0.5, 0.6) is 17.2 Å². The molecule has 0 radical (unpaired) electrons.